The molecular weight excluding hydrogens is 308 g/mol. The minimum Gasteiger partial charge on any atom is -0.508 e. The van der Waals surface area contributed by atoms with Gasteiger partial charge in [0.1, 0.15) is 11.5 Å². The molecule has 0 atom stereocenters. The van der Waals surface area contributed by atoms with Crippen LogP contribution in [0.15, 0.2) is 48.5 Å². The van der Waals surface area contributed by atoms with Gasteiger partial charge in [0.25, 0.3) is 5.91 Å². The number of benzene rings is 2. The van der Waals surface area contributed by atoms with Crippen molar-refractivity contribution in [2.75, 3.05) is 20.2 Å². The molecule has 0 saturated heterocycles. The molecule has 0 aliphatic carbocycles. The highest BCUT2D eigenvalue weighted by Crippen LogP contribution is 2.12. The normalized spacial score (nSPS) is 10.0. The number of carbonyl (C=O) groups is 2. The van der Waals surface area contributed by atoms with Crippen LogP contribution in [0.2, 0.25) is 0 Å². The van der Waals surface area contributed by atoms with E-state index in [1.807, 2.05) is 24.3 Å². The van der Waals surface area contributed by atoms with Crippen molar-refractivity contribution in [2.24, 2.45) is 0 Å². The second kappa shape index (κ2) is 8.57. The maximum absolute atomic E-state index is 11.9. The third-order valence-electron chi connectivity index (χ3n) is 3.36. The number of carbonyl (C=O) groups excluding carboxylic acids is 2. The number of aromatic hydroxyl groups is 1. The van der Waals surface area contributed by atoms with Crippen molar-refractivity contribution in [1.82, 2.24) is 10.6 Å². The standard InChI is InChI=1S/C18H20N2O4/c1-24-16-4-2-3-13(11-16)12-17(22)19-9-10-20-18(23)14-5-7-15(21)8-6-14/h2-8,11,21H,9-10,12H2,1H3,(H,19,22)(H,20,23). The van der Waals surface area contributed by atoms with Gasteiger partial charge in [0.05, 0.1) is 13.5 Å². The maximum atomic E-state index is 11.9. The van der Waals surface area contributed by atoms with Crippen LogP contribution in [0.4, 0.5) is 0 Å². The van der Waals surface area contributed by atoms with Gasteiger partial charge < -0.3 is 20.5 Å². The first-order valence-electron chi connectivity index (χ1n) is 7.55. The molecule has 0 spiro atoms. The van der Waals surface area contributed by atoms with Crippen molar-refractivity contribution in [3.05, 3.63) is 59.7 Å². The van der Waals surface area contributed by atoms with E-state index in [1.54, 1.807) is 7.11 Å². The summed E-state index contributed by atoms with van der Waals surface area (Å²) in [6.45, 7) is 0.663. The van der Waals surface area contributed by atoms with Crippen molar-refractivity contribution in [1.29, 1.82) is 0 Å². The molecule has 6 heteroatoms. The minimum absolute atomic E-state index is 0.108. The number of rotatable bonds is 7. The van der Waals surface area contributed by atoms with Crippen LogP contribution in [-0.2, 0) is 11.2 Å². The monoisotopic (exact) mass is 328 g/mol. The molecule has 3 N–H and O–H groups in total. The van der Waals surface area contributed by atoms with Gasteiger partial charge in [-0.1, -0.05) is 12.1 Å². The van der Waals surface area contributed by atoms with Gasteiger partial charge in [-0.15, -0.1) is 0 Å². The fourth-order valence-electron chi connectivity index (χ4n) is 2.12. The van der Waals surface area contributed by atoms with E-state index in [1.165, 1.54) is 24.3 Å². The van der Waals surface area contributed by atoms with Gasteiger partial charge in [0.2, 0.25) is 5.91 Å². The number of amides is 2. The molecule has 0 bridgehead atoms. The number of phenolic OH excluding ortho intramolecular Hbond substituents is 1. The van der Waals surface area contributed by atoms with Crippen LogP contribution in [-0.4, -0.2) is 37.1 Å². The van der Waals surface area contributed by atoms with Crippen molar-refractivity contribution < 1.29 is 19.4 Å². The number of hydrogen-bond donors (Lipinski definition) is 3. The summed E-state index contributed by atoms with van der Waals surface area (Å²) < 4.78 is 5.12. The molecule has 126 valence electrons. The van der Waals surface area contributed by atoms with Gasteiger partial charge >= 0.3 is 0 Å². The predicted molar refractivity (Wildman–Crippen MR) is 90.1 cm³/mol. The summed E-state index contributed by atoms with van der Waals surface area (Å²) in [5.74, 6) is 0.442. The maximum Gasteiger partial charge on any atom is 0.251 e. The summed E-state index contributed by atoms with van der Waals surface area (Å²) >= 11 is 0. The Morgan fingerprint density at radius 2 is 1.75 bits per heavy atom. The van der Waals surface area contributed by atoms with E-state index in [0.29, 0.717) is 24.4 Å². The molecule has 0 aliphatic heterocycles. The Bertz CT molecular complexity index is 698. The first kappa shape index (κ1) is 17.3. The summed E-state index contributed by atoms with van der Waals surface area (Å²) in [5.41, 5.74) is 1.32. The van der Waals surface area contributed by atoms with Gasteiger partial charge in [0, 0.05) is 18.7 Å². The lowest BCUT2D eigenvalue weighted by Crippen LogP contribution is -2.35. The zero-order valence-electron chi connectivity index (χ0n) is 13.4. The Kier molecular flexibility index (Phi) is 6.19. The van der Waals surface area contributed by atoms with Crippen LogP contribution in [0, 0.1) is 0 Å². The molecule has 2 rings (SSSR count). The highest BCUT2D eigenvalue weighted by Gasteiger charge is 2.06. The Morgan fingerprint density at radius 3 is 2.46 bits per heavy atom. The average molecular weight is 328 g/mol. The predicted octanol–water partition coefficient (Wildman–Crippen LogP) is 1.49. The molecule has 2 amide bonds. The van der Waals surface area contributed by atoms with E-state index in [0.717, 1.165) is 5.56 Å². The summed E-state index contributed by atoms with van der Waals surface area (Å²) in [4.78, 5) is 23.7. The van der Waals surface area contributed by atoms with Crippen molar-refractivity contribution in [3.63, 3.8) is 0 Å². The van der Waals surface area contributed by atoms with E-state index in [2.05, 4.69) is 10.6 Å². The molecule has 0 aromatic heterocycles. The second-order valence-corrected chi connectivity index (χ2v) is 5.18. The van der Waals surface area contributed by atoms with Crippen LogP contribution in [0.25, 0.3) is 0 Å². The summed E-state index contributed by atoms with van der Waals surface area (Å²) in [5, 5.41) is 14.6. The molecule has 0 heterocycles. The fraction of sp³-hybridized carbons (Fsp3) is 0.222. The van der Waals surface area contributed by atoms with Crippen LogP contribution in [0.1, 0.15) is 15.9 Å². The zero-order chi connectivity index (χ0) is 17.4. The molecule has 2 aromatic rings. The summed E-state index contributed by atoms with van der Waals surface area (Å²) in [6.07, 6.45) is 0.253. The van der Waals surface area contributed by atoms with E-state index in [4.69, 9.17) is 4.74 Å². The smallest absolute Gasteiger partial charge is 0.251 e. The van der Waals surface area contributed by atoms with Gasteiger partial charge in [-0.2, -0.15) is 0 Å². The largest absolute Gasteiger partial charge is 0.508 e. The Balaban J connectivity index is 1.70. The minimum atomic E-state index is -0.253. The zero-order valence-corrected chi connectivity index (χ0v) is 13.4. The lowest BCUT2D eigenvalue weighted by molar-refractivity contribution is -0.120. The van der Waals surface area contributed by atoms with Crippen LogP contribution in [0.5, 0.6) is 11.5 Å². The van der Waals surface area contributed by atoms with Gasteiger partial charge in [-0.05, 0) is 42.0 Å². The first-order chi connectivity index (χ1) is 11.6. The van der Waals surface area contributed by atoms with Gasteiger partial charge in [-0.3, -0.25) is 9.59 Å². The Labute approximate surface area is 140 Å². The number of methoxy groups -OCH3 is 1. The highest BCUT2D eigenvalue weighted by atomic mass is 16.5. The summed E-state index contributed by atoms with van der Waals surface area (Å²) in [6, 6.07) is 13.3. The summed E-state index contributed by atoms with van der Waals surface area (Å²) in [7, 11) is 1.58. The molecule has 0 radical (unpaired) electrons. The average Bonchev–Trinajstić information content (AvgIpc) is 2.59. The Morgan fingerprint density at radius 1 is 1.04 bits per heavy atom. The Hall–Kier alpha value is -3.02. The molecular formula is C18H20N2O4. The fourth-order valence-corrected chi connectivity index (χ4v) is 2.12. The van der Waals surface area contributed by atoms with Crippen LogP contribution < -0.4 is 15.4 Å². The number of ether oxygens (including phenoxy) is 1. The lowest BCUT2D eigenvalue weighted by atomic mass is 10.1. The molecule has 0 saturated carbocycles. The number of phenols is 1. The molecule has 6 nitrogen and oxygen atoms in total. The first-order valence-corrected chi connectivity index (χ1v) is 7.55. The SMILES string of the molecule is COc1cccc(CC(=O)NCCNC(=O)c2ccc(O)cc2)c1. The van der Waals surface area contributed by atoms with Crippen molar-refractivity contribution >= 4 is 11.8 Å². The molecule has 24 heavy (non-hydrogen) atoms. The van der Waals surface area contributed by atoms with E-state index in [-0.39, 0.29) is 24.0 Å². The topological polar surface area (TPSA) is 87.7 Å². The third-order valence-corrected chi connectivity index (χ3v) is 3.36. The number of nitrogens with one attached hydrogen (secondary N) is 2. The molecule has 0 fully saturated rings. The molecule has 0 aliphatic rings. The van der Waals surface area contributed by atoms with Crippen molar-refractivity contribution in [3.8, 4) is 11.5 Å². The van der Waals surface area contributed by atoms with E-state index in [9.17, 15) is 14.7 Å². The molecule has 2 aromatic carbocycles. The third kappa shape index (κ3) is 5.31. The van der Waals surface area contributed by atoms with Crippen LogP contribution >= 0.6 is 0 Å². The van der Waals surface area contributed by atoms with E-state index < -0.39 is 0 Å². The van der Waals surface area contributed by atoms with Gasteiger partial charge in [-0.25, -0.2) is 0 Å². The molecule has 0 unspecified atom stereocenters. The lowest BCUT2D eigenvalue weighted by Gasteiger charge is -2.08. The van der Waals surface area contributed by atoms with Gasteiger partial charge in [0.15, 0.2) is 0 Å². The second-order valence-electron chi connectivity index (χ2n) is 5.18. The number of hydrogen-bond acceptors (Lipinski definition) is 4. The van der Waals surface area contributed by atoms with E-state index >= 15 is 0 Å². The van der Waals surface area contributed by atoms with Crippen molar-refractivity contribution in [2.45, 2.75) is 6.42 Å². The quantitative estimate of drug-likeness (QED) is 0.672. The van der Waals surface area contributed by atoms with Crippen LogP contribution in [0.3, 0.4) is 0 Å². The highest BCUT2D eigenvalue weighted by molar-refractivity contribution is 5.94.